The Morgan fingerprint density at radius 3 is 2.15 bits per heavy atom. The monoisotopic (exact) mass is 464 g/mol. The van der Waals surface area contributed by atoms with Gasteiger partial charge in [-0.2, -0.15) is 0 Å². The third-order valence-electron chi connectivity index (χ3n) is 11.7. The first-order valence-electron chi connectivity index (χ1n) is 13.6. The summed E-state index contributed by atoms with van der Waals surface area (Å²) in [5.74, 6) is 2.05. The molecule has 5 nitrogen and oxygen atoms in total. The van der Waals surface area contributed by atoms with Crippen LogP contribution in [0.5, 0.6) is 0 Å². The number of rotatable bonds is 5. The quantitative estimate of drug-likeness (QED) is 0.496. The van der Waals surface area contributed by atoms with Crippen LogP contribution in [0.2, 0.25) is 0 Å². The number of aliphatic hydroxyl groups excluding tert-OH is 4. The van der Waals surface area contributed by atoms with Crippen LogP contribution in [0.4, 0.5) is 0 Å². The number of hydrogen-bond donors (Lipinski definition) is 4. The van der Waals surface area contributed by atoms with E-state index in [1.807, 2.05) is 6.92 Å². The molecule has 0 radical (unpaired) electrons. The van der Waals surface area contributed by atoms with Gasteiger partial charge in [0.05, 0.1) is 24.4 Å². The maximum atomic E-state index is 13.3. The number of hydrogen-bond acceptors (Lipinski definition) is 5. The number of fused-ring (bicyclic) bond motifs is 5. The average molecular weight is 465 g/mol. The summed E-state index contributed by atoms with van der Waals surface area (Å²) in [5, 5.41) is 42.8. The number of ketones is 1. The molecule has 190 valence electrons. The number of aliphatic hydroxyl groups is 4. The molecule has 4 saturated carbocycles. The first-order chi connectivity index (χ1) is 15.3. The average Bonchev–Trinajstić information content (AvgIpc) is 3.10. The van der Waals surface area contributed by atoms with E-state index in [2.05, 4.69) is 34.6 Å². The highest BCUT2D eigenvalue weighted by Gasteiger charge is 2.63. The van der Waals surface area contributed by atoms with E-state index in [4.69, 9.17) is 0 Å². The second-order valence-corrected chi connectivity index (χ2v) is 13.4. The minimum Gasteiger partial charge on any atom is -0.390 e. The maximum absolute atomic E-state index is 13.3. The van der Waals surface area contributed by atoms with Gasteiger partial charge in [-0.05, 0) is 90.8 Å². The fourth-order valence-electron chi connectivity index (χ4n) is 9.23. The van der Waals surface area contributed by atoms with Gasteiger partial charge in [-0.25, -0.2) is 0 Å². The zero-order valence-electron chi connectivity index (χ0n) is 21.6. The van der Waals surface area contributed by atoms with Crippen LogP contribution in [0.3, 0.4) is 0 Å². The molecule has 4 aliphatic rings. The summed E-state index contributed by atoms with van der Waals surface area (Å²) in [6, 6.07) is 0. The Balaban J connectivity index is 1.56. The molecule has 0 heterocycles. The van der Waals surface area contributed by atoms with E-state index in [-0.39, 0.29) is 34.4 Å². The van der Waals surface area contributed by atoms with Gasteiger partial charge in [0.1, 0.15) is 5.78 Å². The first kappa shape index (κ1) is 25.6. The van der Waals surface area contributed by atoms with Crippen molar-refractivity contribution < 1.29 is 25.2 Å². The first-order valence-corrected chi connectivity index (χ1v) is 13.6. The van der Waals surface area contributed by atoms with Crippen LogP contribution in [-0.4, -0.2) is 50.6 Å². The fourth-order valence-corrected chi connectivity index (χ4v) is 9.23. The SMILES string of the molecule is CC(C)C(C)C(O)C(O)C(C)C1CCC2C3CC(=O)C4CC(O)C(O)CC4(C)C3CCC12C. The van der Waals surface area contributed by atoms with Crippen molar-refractivity contribution in [2.75, 3.05) is 0 Å². The van der Waals surface area contributed by atoms with Crippen LogP contribution in [0, 0.1) is 58.2 Å². The Kier molecular flexibility index (Phi) is 6.88. The minimum atomic E-state index is -0.782. The van der Waals surface area contributed by atoms with E-state index in [0.717, 1.165) is 25.7 Å². The molecule has 4 rings (SSSR count). The number of carbonyl (C=O) groups is 1. The van der Waals surface area contributed by atoms with E-state index in [0.29, 0.717) is 48.9 Å². The van der Waals surface area contributed by atoms with Gasteiger partial charge >= 0.3 is 0 Å². The van der Waals surface area contributed by atoms with Crippen LogP contribution >= 0.6 is 0 Å². The van der Waals surface area contributed by atoms with Crippen LogP contribution in [-0.2, 0) is 4.79 Å². The lowest BCUT2D eigenvalue weighted by Gasteiger charge is -2.61. The summed E-state index contributed by atoms with van der Waals surface area (Å²) in [7, 11) is 0. The largest absolute Gasteiger partial charge is 0.390 e. The molecule has 0 aromatic rings. The summed E-state index contributed by atoms with van der Waals surface area (Å²) in [6.45, 7) is 12.9. The van der Waals surface area contributed by atoms with Gasteiger partial charge in [0.25, 0.3) is 0 Å². The van der Waals surface area contributed by atoms with Crippen molar-refractivity contribution >= 4 is 5.78 Å². The Labute approximate surface area is 200 Å². The summed E-state index contributed by atoms with van der Waals surface area (Å²) in [6.07, 6.45) is 2.80. The molecule has 13 atom stereocenters. The lowest BCUT2D eigenvalue weighted by Crippen LogP contribution is -2.59. The smallest absolute Gasteiger partial charge is 0.136 e. The zero-order chi connectivity index (χ0) is 24.5. The predicted molar refractivity (Wildman–Crippen MR) is 128 cm³/mol. The molecule has 0 bridgehead atoms. The van der Waals surface area contributed by atoms with Gasteiger partial charge in [-0.1, -0.05) is 41.5 Å². The van der Waals surface area contributed by atoms with Crippen molar-refractivity contribution in [3.8, 4) is 0 Å². The molecule has 0 aromatic carbocycles. The molecule has 0 spiro atoms. The second-order valence-electron chi connectivity index (χ2n) is 13.4. The summed E-state index contributed by atoms with van der Waals surface area (Å²) < 4.78 is 0. The Morgan fingerprint density at radius 2 is 1.52 bits per heavy atom. The summed E-state index contributed by atoms with van der Waals surface area (Å²) in [5.41, 5.74) is -0.162. The molecular formula is C28H48O5. The van der Waals surface area contributed by atoms with Gasteiger partial charge in [0.15, 0.2) is 0 Å². The van der Waals surface area contributed by atoms with Gasteiger partial charge < -0.3 is 20.4 Å². The van der Waals surface area contributed by atoms with Crippen molar-refractivity contribution in [2.45, 2.75) is 111 Å². The number of Topliss-reactive ketones (excluding diaryl/α,β-unsaturated/α-hetero) is 1. The Hall–Kier alpha value is -0.490. The van der Waals surface area contributed by atoms with Crippen molar-refractivity contribution in [2.24, 2.45) is 58.2 Å². The summed E-state index contributed by atoms with van der Waals surface area (Å²) >= 11 is 0. The van der Waals surface area contributed by atoms with E-state index in [1.54, 1.807) is 0 Å². The van der Waals surface area contributed by atoms with Gasteiger partial charge in [-0.3, -0.25) is 4.79 Å². The molecule has 0 aliphatic heterocycles. The number of carbonyl (C=O) groups excluding carboxylic acids is 1. The highest BCUT2D eigenvalue weighted by molar-refractivity contribution is 5.83. The third kappa shape index (κ3) is 3.93. The summed E-state index contributed by atoms with van der Waals surface area (Å²) in [4.78, 5) is 13.3. The lowest BCUT2D eigenvalue weighted by atomic mass is 9.44. The van der Waals surface area contributed by atoms with Crippen molar-refractivity contribution in [3.05, 3.63) is 0 Å². The molecule has 4 fully saturated rings. The highest BCUT2D eigenvalue weighted by atomic mass is 16.3. The van der Waals surface area contributed by atoms with E-state index in [9.17, 15) is 25.2 Å². The standard InChI is InChI=1S/C28H48O5/c1-14(2)15(3)25(32)26(33)16(4)18-7-8-19-17-11-22(29)21-12-23(30)24(31)13-28(21,6)20(17)9-10-27(18,19)5/h14-21,23-26,30-33H,7-13H2,1-6H3. The van der Waals surface area contributed by atoms with Crippen LogP contribution in [0.15, 0.2) is 0 Å². The zero-order valence-corrected chi connectivity index (χ0v) is 21.6. The third-order valence-corrected chi connectivity index (χ3v) is 11.7. The molecule has 0 saturated heterocycles. The molecule has 5 heteroatoms. The highest BCUT2D eigenvalue weighted by Crippen LogP contribution is 2.67. The second kappa shape index (κ2) is 8.87. The van der Waals surface area contributed by atoms with Crippen LogP contribution in [0.25, 0.3) is 0 Å². The van der Waals surface area contributed by atoms with Crippen molar-refractivity contribution in [1.82, 2.24) is 0 Å². The van der Waals surface area contributed by atoms with Gasteiger partial charge in [-0.15, -0.1) is 0 Å². The molecule has 0 amide bonds. The Bertz CT molecular complexity index is 738. The molecular weight excluding hydrogens is 416 g/mol. The lowest BCUT2D eigenvalue weighted by molar-refractivity contribution is -0.175. The molecule has 13 unspecified atom stereocenters. The van der Waals surface area contributed by atoms with E-state index < -0.39 is 24.4 Å². The molecule has 4 aliphatic carbocycles. The van der Waals surface area contributed by atoms with Crippen LogP contribution in [0.1, 0.15) is 86.5 Å². The van der Waals surface area contributed by atoms with Gasteiger partial charge in [0, 0.05) is 12.3 Å². The maximum Gasteiger partial charge on any atom is 0.136 e. The van der Waals surface area contributed by atoms with E-state index in [1.165, 1.54) is 0 Å². The predicted octanol–water partition coefficient (Wildman–Crippen LogP) is 3.81. The van der Waals surface area contributed by atoms with Crippen molar-refractivity contribution in [1.29, 1.82) is 0 Å². The normalized spacial score (nSPS) is 49.1. The van der Waals surface area contributed by atoms with Gasteiger partial charge in [0.2, 0.25) is 0 Å². The molecule has 33 heavy (non-hydrogen) atoms. The van der Waals surface area contributed by atoms with Crippen molar-refractivity contribution in [3.63, 3.8) is 0 Å². The topological polar surface area (TPSA) is 98.0 Å². The Morgan fingerprint density at radius 1 is 0.879 bits per heavy atom. The molecule has 4 N–H and O–H groups in total. The fraction of sp³-hybridized carbons (Fsp3) is 0.964. The molecule has 0 aromatic heterocycles. The van der Waals surface area contributed by atoms with E-state index >= 15 is 0 Å². The minimum absolute atomic E-state index is 0.0158. The van der Waals surface area contributed by atoms with Crippen LogP contribution < -0.4 is 0 Å².